The number of halogens is 19. The molecule has 0 unspecified atom stereocenters. The maximum absolute atomic E-state index is 15.0. The SMILES string of the molecule is C/C(=C\CC[C@@H](C)[C@@H](OC(=O)Nc1ccc(F)cc1F)c1ccc(OCCO[Si](CCC(F)(F)C(F)(F)C(F)(F)C(F)(F)C(F)(F)C(F)(F)C(F)(F)C(F)(F)F)(C(C)C)C(C)C)cc1)C(=O)NO. The maximum atomic E-state index is 15.0. The summed E-state index contributed by atoms with van der Waals surface area (Å²) in [6.45, 7) is 7.12. The van der Waals surface area contributed by atoms with Crippen molar-refractivity contribution in [3.63, 3.8) is 0 Å². The quantitative estimate of drug-likeness (QED) is 0.0242. The van der Waals surface area contributed by atoms with Crippen molar-refractivity contribution in [2.24, 2.45) is 5.92 Å². The third-order valence-electron chi connectivity index (χ3n) is 11.0. The third-order valence-corrected chi connectivity index (χ3v) is 16.6. The van der Waals surface area contributed by atoms with Crippen LogP contribution >= 0.6 is 0 Å². The Balaban J connectivity index is 2.31. The number of carbonyl (C=O) groups is 2. The average molecular weight is 1040 g/mol. The first-order chi connectivity index (χ1) is 30.7. The van der Waals surface area contributed by atoms with Gasteiger partial charge < -0.3 is 13.9 Å². The van der Waals surface area contributed by atoms with Gasteiger partial charge in [-0.15, -0.1) is 0 Å². The summed E-state index contributed by atoms with van der Waals surface area (Å²) in [5, 5.41) is 11.0. The molecule has 2 aromatic carbocycles. The normalized spacial score (nSPS) is 15.1. The van der Waals surface area contributed by atoms with Gasteiger partial charge in [0, 0.05) is 18.1 Å². The molecule has 2 rings (SSSR count). The van der Waals surface area contributed by atoms with E-state index in [0.717, 1.165) is 12.1 Å². The maximum Gasteiger partial charge on any atom is 0.460 e. The second-order valence-corrected chi connectivity index (χ2v) is 21.1. The molecule has 0 bridgehead atoms. The first-order valence-corrected chi connectivity index (χ1v) is 22.1. The minimum absolute atomic E-state index is 0.0428. The van der Waals surface area contributed by atoms with Crippen LogP contribution in [-0.2, 0) is 14.0 Å². The van der Waals surface area contributed by atoms with Crippen LogP contribution < -0.4 is 15.5 Å². The van der Waals surface area contributed by atoms with Crippen molar-refractivity contribution in [2.75, 3.05) is 18.5 Å². The first-order valence-electron chi connectivity index (χ1n) is 19.9. The lowest BCUT2D eigenvalue weighted by Gasteiger charge is -2.44. The summed E-state index contributed by atoms with van der Waals surface area (Å²) in [6, 6.07) is 6.36. The van der Waals surface area contributed by atoms with Crippen molar-refractivity contribution in [2.45, 2.75) is 132 Å². The second-order valence-electron chi connectivity index (χ2n) is 16.1. The van der Waals surface area contributed by atoms with Gasteiger partial charge in [-0.05, 0) is 72.6 Å². The van der Waals surface area contributed by atoms with E-state index in [1.54, 1.807) is 6.92 Å². The molecule has 2 atom stereocenters. The summed E-state index contributed by atoms with van der Waals surface area (Å²) in [7, 11) is -4.06. The molecule has 2 aromatic rings. The van der Waals surface area contributed by atoms with E-state index in [0.29, 0.717) is 11.6 Å². The minimum Gasteiger partial charge on any atom is -0.491 e. The molecular weight excluding hydrogens is 993 g/mol. The number of hydroxylamine groups is 1. The van der Waals surface area contributed by atoms with Crippen molar-refractivity contribution in [3.8, 4) is 5.75 Å². The van der Waals surface area contributed by atoms with Crippen LogP contribution in [0.1, 0.15) is 72.5 Å². The molecule has 0 saturated heterocycles. The van der Waals surface area contributed by atoms with Crippen molar-refractivity contribution in [1.82, 2.24) is 5.48 Å². The highest BCUT2D eigenvalue weighted by Crippen LogP contribution is 2.64. The summed E-state index contributed by atoms with van der Waals surface area (Å²) in [5.41, 5.74) is -0.389. The molecule has 2 amide bonds. The fourth-order valence-electron chi connectivity index (χ4n) is 6.75. The van der Waals surface area contributed by atoms with Crippen molar-refractivity contribution in [1.29, 1.82) is 0 Å². The predicted molar refractivity (Wildman–Crippen MR) is 205 cm³/mol. The third kappa shape index (κ3) is 12.1. The van der Waals surface area contributed by atoms with Gasteiger partial charge in [0.1, 0.15) is 30.1 Å². The highest BCUT2D eigenvalue weighted by Gasteiger charge is 2.95. The van der Waals surface area contributed by atoms with Crippen LogP contribution in [0.15, 0.2) is 54.1 Å². The number of amides is 2. The van der Waals surface area contributed by atoms with Crippen LogP contribution in [0.5, 0.6) is 5.75 Å². The highest BCUT2D eigenvalue weighted by molar-refractivity contribution is 6.76. The van der Waals surface area contributed by atoms with E-state index in [4.69, 9.17) is 19.1 Å². The lowest BCUT2D eigenvalue weighted by molar-refractivity contribution is -0.461. The molecule has 0 heterocycles. The smallest absolute Gasteiger partial charge is 0.460 e. The standard InChI is InChI=1S/C40H45F19N2O6Si/c1-21(2)68(22(3)4,19-16-33(43,44)34(45,46)35(47,48)36(49,50)37(51,52)38(53,54)39(55,56)40(57,58)59)66-18-17-65-27-13-10-25(11-14-27)30(23(5)8-7-9-24(6)31(62)61-64)67-32(63)60-29-15-12-26(41)20-28(29)42/h9-15,20-23,30,64H,7-8,16-19H2,1-6H3,(H,60,63)(H,61,62)/b24-9+/t23-,30-/m1/s1. The number of anilines is 1. The van der Waals surface area contributed by atoms with Crippen LogP contribution in [0.3, 0.4) is 0 Å². The first kappa shape index (κ1) is 59.6. The zero-order valence-corrected chi connectivity index (χ0v) is 37.3. The van der Waals surface area contributed by atoms with E-state index < -0.39 is 134 Å². The van der Waals surface area contributed by atoms with E-state index >= 15 is 8.78 Å². The number of allylic oxidation sites excluding steroid dienone is 1. The summed E-state index contributed by atoms with van der Waals surface area (Å²) in [4.78, 5) is 24.5. The molecule has 3 N–H and O–H groups in total. The fraction of sp³-hybridized carbons (Fsp3) is 0.600. The molecule has 0 aliphatic rings. The van der Waals surface area contributed by atoms with Gasteiger partial charge in [-0.25, -0.2) is 19.1 Å². The number of ether oxygens (including phenoxy) is 2. The topological polar surface area (TPSA) is 106 Å². The van der Waals surface area contributed by atoms with Gasteiger partial charge in [0.25, 0.3) is 5.91 Å². The molecular formula is C40H45F19N2O6Si. The van der Waals surface area contributed by atoms with Crippen LogP contribution in [0.4, 0.5) is 93.9 Å². The van der Waals surface area contributed by atoms with E-state index in [1.165, 1.54) is 70.4 Å². The number of carbonyl (C=O) groups excluding carboxylic acids is 2. The minimum atomic E-state index is -8.72. The van der Waals surface area contributed by atoms with E-state index in [-0.39, 0.29) is 24.2 Å². The van der Waals surface area contributed by atoms with Gasteiger partial charge in [0.2, 0.25) is 0 Å². The van der Waals surface area contributed by atoms with E-state index in [2.05, 4.69) is 5.32 Å². The number of hydrogen-bond acceptors (Lipinski definition) is 6. The Hall–Kier alpha value is -4.47. The summed E-state index contributed by atoms with van der Waals surface area (Å²) < 4.78 is 281. The van der Waals surface area contributed by atoms with Crippen LogP contribution in [0, 0.1) is 17.6 Å². The van der Waals surface area contributed by atoms with Crippen LogP contribution in [0.25, 0.3) is 0 Å². The Morgan fingerprint density at radius 1 is 0.706 bits per heavy atom. The molecule has 68 heavy (non-hydrogen) atoms. The number of rotatable bonds is 24. The summed E-state index contributed by atoms with van der Waals surface area (Å²) >= 11 is 0. The van der Waals surface area contributed by atoms with Gasteiger partial charge in [0.05, 0.1) is 12.3 Å². The summed E-state index contributed by atoms with van der Waals surface area (Å²) in [5.74, 6) is -60.4. The molecule has 0 spiro atoms. The largest absolute Gasteiger partial charge is 0.491 e. The molecule has 8 nitrogen and oxygen atoms in total. The Morgan fingerprint density at radius 2 is 1.21 bits per heavy atom. The zero-order chi connectivity index (χ0) is 52.9. The van der Waals surface area contributed by atoms with Gasteiger partial charge in [0.15, 0.2) is 8.32 Å². The zero-order valence-electron chi connectivity index (χ0n) is 36.3. The lowest BCUT2D eigenvalue weighted by atomic mass is 9.88. The number of nitrogens with one attached hydrogen (secondary N) is 2. The Morgan fingerprint density at radius 3 is 1.68 bits per heavy atom. The average Bonchev–Trinajstić information content (AvgIpc) is 3.22. The van der Waals surface area contributed by atoms with Crippen molar-refractivity contribution in [3.05, 3.63) is 71.3 Å². The van der Waals surface area contributed by atoms with Crippen molar-refractivity contribution >= 4 is 26.0 Å². The lowest BCUT2D eigenvalue weighted by Crippen LogP contribution is -2.74. The molecule has 0 aromatic heterocycles. The van der Waals surface area contributed by atoms with E-state index in [9.17, 15) is 84.2 Å². The molecule has 0 aliphatic heterocycles. The highest BCUT2D eigenvalue weighted by atomic mass is 28.4. The van der Waals surface area contributed by atoms with Crippen molar-refractivity contribution < 1.29 is 112 Å². The van der Waals surface area contributed by atoms with E-state index in [1.807, 2.05) is 0 Å². The Bertz CT molecular complexity index is 2040. The van der Waals surface area contributed by atoms with Gasteiger partial charge in [-0.1, -0.05) is 52.8 Å². The Labute approximate surface area is 376 Å². The summed E-state index contributed by atoms with van der Waals surface area (Å²) in [6.07, 6.45) is -10.8. The fourth-order valence-corrected chi connectivity index (χ4v) is 11.2. The molecule has 388 valence electrons. The monoisotopic (exact) mass is 1040 g/mol. The molecule has 0 radical (unpaired) electrons. The predicted octanol–water partition coefficient (Wildman–Crippen LogP) is 13.7. The molecule has 28 heteroatoms. The van der Waals surface area contributed by atoms with Gasteiger partial charge in [-0.2, -0.15) is 74.6 Å². The number of alkyl halides is 17. The van der Waals surface area contributed by atoms with Gasteiger partial charge >= 0.3 is 53.7 Å². The van der Waals surface area contributed by atoms with Crippen LogP contribution in [-0.4, -0.2) is 86.4 Å². The van der Waals surface area contributed by atoms with Gasteiger partial charge in [-0.3, -0.25) is 15.3 Å². The second kappa shape index (κ2) is 21.7. The molecule has 0 saturated carbocycles. The number of benzene rings is 2. The number of hydrogen-bond donors (Lipinski definition) is 3. The van der Waals surface area contributed by atoms with Crippen LogP contribution in [0.2, 0.25) is 17.1 Å². The Kier molecular flexibility index (Phi) is 19.0. The molecule has 0 aliphatic carbocycles. The molecule has 0 fully saturated rings.